The second-order valence-corrected chi connectivity index (χ2v) is 7.27. The van der Waals surface area contributed by atoms with Gasteiger partial charge in [-0.2, -0.15) is 0 Å². The van der Waals surface area contributed by atoms with E-state index in [1.165, 1.54) is 24.3 Å². The predicted molar refractivity (Wildman–Crippen MR) is 101 cm³/mol. The lowest BCUT2D eigenvalue weighted by Crippen LogP contribution is -2.45. The molecular formula is C15H15ClN4O3S2. The number of sulfonamides is 1. The molecule has 7 nitrogen and oxygen atoms in total. The van der Waals surface area contributed by atoms with Crippen molar-refractivity contribution in [3.63, 3.8) is 0 Å². The molecule has 0 aliphatic carbocycles. The monoisotopic (exact) mass is 398 g/mol. The molecular weight excluding hydrogens is 384 g/mol. The molecule has 0 atom stereocenters. The summed E-state index contributed by atoms with van der Waals surface area (Å²) in [6, 6.07) is 12.0. The van der Waals surface area contributed by atoms with Crippen LogP contribution in [0.15, 0.2) is 53.4 Å². The van der Waals surface area contributed by atoms with E-state index in [0.29, 0.717) is 0 Å². The molecule has 1 amide bonds. The third kappa shape index (κ3) is 5.05. The number of nitrogens with one attached hydrogen (secondary N) is 4. The maximum absolute atomic E-state index is 12.5. The molecule has 0 heterocycles. The summed E-state index contributed by atoms with van der Waals surface area (Å²) < 4.78 is 27.4. The first-order valence-electron chi connectivity index (χ1n) is 6.99. The zero-order valence-corrected chi connectivity index (χ0v) is 15.4. The number of hydrogen-bond donors (Lipinski definition) is 4. The molecule has 0 spiro atoms. The fourth-order valence-corrected chi connectivity index (χ4v) is 3.22. The molecule has 0 fully saturated rings. The molecule has 0 radical (unpaired) electrons. The molecule has 0 bridgehead atoms. The zero-order valence-electron chi connectivity index (χ0n) is 13.0. The number of thiocarbonyl (C=S) groups is 1. The highest BCUT2D eigenvalue weighted by Gasteiger charge is 2.17. The smallest absolute Gasteiger partial charge is 0.269 e. The van der Waals surface area contributed by atoms with Crippen LogP contribution in [-0.2, 0) is 10.0 Å². The Morgan fingerprint density at radius 2 is 1.80 bits per heavy atom. The Morgan fingerprint density at radius 3 is 2.48 bits per heavy atom. The Balaban J connectivity index is 2.21. The van der Waals surface area contributed by atoms with Crippen LogP contribution in [-0.4, -0.2) is 26.5 Å². The minimum atomic E-state index is -3.90. The molecule has 4 N–H and O–H groups in total. The topological polar surface area (TPSA) is 99.3 Å². The van der Waals surface area contributed by atoms with Crippen LogP contribution < -0.4 is 20.9 Å². The van der Waals surface area contributed by atoms with E-state index in [2.05, 4.69) is 20.9 Å². The number of hydrazine groups is 1. The summed E-state index contributed by atoms with van der Waals surface area (Å²) in [5, 5.41) is 3.12. The third-order valence-corrected chi connectivity index (χ3v) is 5.04. The first kappa shape index (κ1) is 19.0. The van der Waals surface area contributed by atoms with Crippen LogP contribution in [0.1, 0.15) is 10.4 Å². The SMILES string of the molecule is CNC(=S)NNC(=O)c1cccc(S(=O)(=O)Nc2ccccc2Cl)c1. The van der Waals surface area contributed by atoms with E-state index in [0.717, 1.165) is 0 Å². The summed E-state index contributed by atoms with van der Waals surface area (Å²) in [6.45, 7) is 0. The lowest BCUT2D eigenvalue weighted by atomic mass is 10.2. The van der Waals surface area contributed by atoms with Gasteiger partial charge in [-0.25, -0.2) is 8.42 Å². The van der Waals surface area contributed by atoms with Gasteiger partial charge in [-0.05, 0) is 42.5 Å². The van der Waals surface area contributed by atoms with Gasteiger partial charge in [0.1, 0.15) is 0 Å². The van der Waals surface area contributed by atoms with E-state index in [1.54, 1.807) is 31.3 Å². The standard InChI is InChI=1S/C15H15ClN4O3S2/c1-17-15(24)19-18-14(21)10-5-4-6-11(9-10)25(22,23)20-13-8-3-2-7-12(13)16/h2-9,20H,1H3,(H,18,21)(H2,17,19,24). The second-order valence-electron chi connectivity index (χ2n) is 4.77. The summed E-state index contributed by atoms with van der Waals surface area (Å²) >= 11 is 10.8. The first-order valence-corrected chi connectivity index (χ1v) is 9.26. The molecule has 0 saturated carbocycles. The molecule has 0 aromatic heterocycles. The summed E-state index contributed by atoms with van der Waals surface area (Å²) in [5.41, 5.74) is 5.23. The van der Waals surface area contributed by atoms with E-state index < -0.39 is 15.9 Å². The van der Waals surface area contributed by atoms with Crippen LogP contribution in [0.25, 0.3) is 0 Å². The van der Waals surface area contributed by atoms with Crippen molar-refractivity contribution >= 4 is 50.5 Å². The zero-order chi connectivity index (χ0) is 18.4. The van der Waals surface area contributed by atoms with Gasteiger partial charge in [0.15, 0.2) is 5.11 Å². The number of anilines is 1. The Bertz CT molecular complexity index is 903. The molecule has 0 aliphatic rings. The molecule has 0 unspecified atom stereocenters. The van der Waals surface area contributed by atoms with E-state index >= 15 is 0 Å². The summed E-state index contributed by atoms with van der Waals surface area (Å²) in [7, 11) is -2.31. The summed E-state index contributed by atoms with van der Waals surface area (Å²) in [4.78, 5) is 12.0. The van der Waals surface area contributed by atoms with Gasteiger partial charge in [-0.15, -0.1) is 0 Å². The molecule has 132 valence electrons. The van der Waals surface area contributed by atoms with E-state index in [9.17, 15) is 13.2 Å². The van der Waals surface area contributed by atoms with Crippen molar-refractivity contribution in [3.05, 3.63) is 59.1 Å². The Hall–Kier alpha value is -2.36. The Labute approximate surface area is 155 Å². The lowest BCUT2D eigenvalue weighted by Gasteiger charge is -2.11. The first-order chi connectivity index (χ1) is 11.8. The number of carbonyl (C=O) groups excluding carboxylic acids is 1. The number of benzene rings is 2. The van der Waals surface area contributed by atoms with Gasteiger partial charge in [0.05, 0.1) is 15.6 Å². The predicted octanol–water partition coefficient (Wildman–Crippen LogP) is 1.88. The van der Waals surface area contributed by atoms with Crippen molar-refractivity contribution < 1.29 is 13.2 Å². The van der Waals surface area contributed by atoms with Gasteiger partial charge in [0, 0.05) is 12.6 Å². The Kier molecular flexibility index (Phi) is 6.18. The van der Waals surface area contributed by atoms with Crippen molar-refractivity contribution in [2.45, 2.75) is 4.90 Å². The van der Waals surface area contributed by atoms with Crippen LogP contribution in [0.3, 0.4) is 0 Å². The normalized spacial score (nSPS) is 10.6. The van der Waals surface area contributed by atoms with Crippen LogP contribution in [0, 0.1) is 0 Å². The molecule has 2 rings (SSSR count). The summed E-state index contributed by atoms with van der Waals surface area (Å²) in [6.07, 6.45) is 0. The fraction of sp³-hybridized carbons (Fsp3) is 0.0667. The largest absolute Gasteiger partial charge is 0.364 e. The van der Waals surface area contributed by atoms with Crippen molar-refractivity contribution in [1.29, 1.82) is 0 Å². The summed E-state index contributed by atoms with van der Waals surface area (Å²) in [5.74, 6) is -0.535. The van der Waals surface area contributed by atoms with Gasteiger partial charge in [-0.1, -0.05) is 29.8 Å². The van der Waals surface area contributed by atoms with Crippen molar-refractivity contribution in [2.24, 2.45) is 0 Å². The van der Waals surface area contributed by atoms with Crippen molar-refractivity contribution in [2.75, 3.05) is 11.8 Å². The highest BCUT2D eigenvalue weighted by molar-refractivity contribution is 7.92. The maximum atomic E-state index is 12.5. The van der Waals surface area contributed by atoms with Gasteiger partial charge in [-0.3, -0.25) is 20.4 Å². The number of hydrogen-bond acceptors (Lipinski definition) is 4. The average molecular weight is 399 g/mol. The molecule has 0 aliphatic heterocycles. The highest BCUT2D eigenvalue weighted by Crippen LogP contribution is 2.24. The number of para-hydroxylation sites is 1. The lowest BCUT2D eigenvalue weighted by molar-refractivity contribution is 0.0943. The van der Waals surface area contributed by atoms with Gasteiger partial charge in [0.25, 0.3) is 15.9 Å². The third-order valence-electron chi connectivity index (χ3n) is 3.04. The molecule has 10 heteroatoms. The minimum Gasteiger partial charge on any atom is -0.364 e. The maximum Gasteiger partial charge on any atom is 0.269 e. The highest BCUT2D eigenvalue weighted by atomic mass is 35.5. The fourth-order valence-electron chi connectivity index (χ4n) is 1.80. The molecule has 0 saturated heterocycles. The van der Waals surface area contributed by atoms with Crippen LogP contribution >= 0.6 is 23.8 Å². The average Bonchev–Trinajstić information content (AvgIpc) is 2.61. The van der Waals surface area contributed by atoms with E-state index in [1.807, 2.05) is 0 Å². The number of amides is 1. The van der Waals surface area contributed by atoms with Crippen molar-refractivity contribution in [1.82, 2.24) is 16.2 Å². The Morgan fingerprint density at radius 1 is 1.08 bits per heavy atom. The van der Waals surface area contributed by atoms with Gasteiger partial charge >= 0.3 is 0 Å². The number of rotatable bonds is 4. The second kappa shape index (κ2) is 8.15. The number of halogens is 1. The minimum absolute atomic E-state index is 0.0729. The molecule has 25 heavy (non-hydrogen) atoms. The van der Waals surface area contributed by atoms with Crippen molar-refractivity contribution in [3.8, 4) is 0 Å². The molecule has 2 aromatic carbocycles. The van der Waals surface area contributed by atoms with E-state index in [4.69, 9.17) is 23.8 Å². The van der Waals surface area contributed by atoms with Crippen LogP contribution in [0.4, 0.5) is 5.69 Å². The molecule has 2 aromatic rings. The number of carbonyl (C=O) groups is 1. The van der Waals surface area contributed by atoms with Gasteiger partial charge < -0.3 is 5.32 Å². The van der Waals surface area contributed by atoms with Crippen LogP contribution in [0.2, 0.25) is 5.02 Å². The van der Waals surface area contributed by atoms with E-state index in [-0.39, 0.29) is 26.3 Å². The van der Waals surface area contributed by atoms with Crippen LogP contribution in [0.5, 0.6) is 0 Å². The van der Waals surface area contributed by atoms with Gasteiger partial charge in [0.2, 0.25) is 0 Å². The quantitative estimate of drug-likeness (QED) is 0.463.